The molecule has 0 radical (unpaired) electrons. The molecule has 0 spiro atoms. The lowest BCUT2D eigenvalue weighted by Gasteiger charge is -2.25. The number of amides is 1. The van der Waals surface area contributed by atoms with Crippen LogP contribution in [0.5, 0.6) is 5.75 Å². The number of likely N-dealkylation sites (tertiary alicyclic amines) is 1. The summed E-state index contributed by atoms with van der Waals surface area (Å²) < 4.78 is 10.6. The summed E-state index contributed by atoms with van der Waals surface area (Å²) in [4.78, 5) is 41.8. The predicted octanol–water partition coefficient (Wildman–Crippen LogP) is 2.68. The Morgan fingerprint density at radius 1 is 1.13 bits per heavy atom. The van der Waals surface area contributed by atoms with Gasteiger partial charge in [0.2, 0.25) is 12.0 Å². The van der Waals surface area contributed by atoms with Crippen molar-refractivity contribution in [1.29, 1.82) is 0 Å². The van der Waals surface area contributed by atoms with Crippen LogP contribution in [0.15, 0.2) is 59.6 Å². The molecule has 1 saturated heterocycles. The summed E-state index contributed by atoms with van der Waals surface area (Å²) in [6.07, 6.45) is 2.95. The first-order valence-corrected chi connectivity index (χ1v) is 9.83. The maximum atomic E-state index is 13.1. The minimum Gasteiger partial charge on any atom is -0.497 e. The molecule has 1 aliphatic rings. The van der Waals surface area contributed by atoms with Crippen molar-refractivity contribution in [2.24, 2.45) is 4.99 Å². The highest BCUT2D eigenvalue weighted by Crippen LogP contribution is 2.22. The van der Waals surface area contributed by atoms with Gasteiger partial charge in [-0.1, -0.05) is 42.5 Å². The predicted molar refractivity (Wildman–Crippen MR) is 110 cm³/mol. The van der Waals surface area contributed by atoms with E-state index in [-0.39, 0.29) is 18.9 Å². The summed E-state index contributed by atoms with van der Waals surface area (Å²) in [5.74, 6) is -0.113. The van der Waals surface area contributed by atoms with Gasteiger partial charge in [0.05, 0.1) is 7.11 Å². The van der Waals surface area contributed by atoms with Crippen LogP contribution in [0, 0.1) is 0 Å². The van der Waals surface area contributed by atoms with Crippen molar-refractivity contribution >= 4 is 18.0 Å². The zero-order chi connectivity index (χ0) is 21.3. The zero-order valence-corrected chi connectivity index (χ0v) is 16.8. The smallest absolute Gasteiger partial charge is 0.329 e. The van der Waals surface area contributed by atoms with E-state index in [2.05, 4.69) is 4.99 Å². The number of carbonyl (C=O) groups excluding carboxylic acids is 3. The third-order valence-electron chi connectivity index (χ3n) is 5.11. The van der Waals surface area contributed by atoms with E-state index in [1.165, 1.54) is 11.0 Å². The average molecular weight is 408 g/mol. The number of carbonyl (C=O) groups is 2. The monoisotopic (exact) mass is 408 g/mol. The molecule has 7 nitrogen and oxygen atoms in total. The fraction of sp³-hybridized carbons (Fsp3) is 0.348. The Labute approximate surface area is 175 Å². The van der Waals surface area contributed by atoms with Crippen LogP contribution in [0.3, 0.4) is 0 Å². The van der Waals surface area contributed by atoms with E-state index in [0.29, 0.717) is 25.1 Å². The van der Waals surface area contributed by atoms with E-state index in [9.17, 15) is 14.4 Å². The molecular weight excluding hydrogens is 384 g/mol. The second-order valence-corrected chi connectivity index (χ2v) is 7.07. The maximum absolute atomic E-state index is 13.1. The van der Waals surface area contributed by atoms with E-state index in [1.54, 1.807) is 19.2 Å². The second-order valence-electron chi connectivity index (χ2n) is 7.07. The first kappa shape index (κ1) is 21.3. The third kappa shape index (κ3) is 5.33. The van der Waals surface area contributed by atoms with Gasteiger partial charge in [-0.2, -0.15) is 4.99 Å². The number of ether oxygens (including phenoxy) is 2. The van der Waals surface area contributed by atoms with Gasteiger partial charge >= 0.3 is 5.97 Å². The molecule has 1 amide bonds. The Morgan fingerprint density at radius 2 is 1.87 bits per heavy atom. The van der Waals surface area contributed by atoms with Crippen molar-refractivity contribution in [3.8, 4) is 5.75 Å². The van der Waals surface area contributed by atoms with Crippen molar-refractivity contribution < 1.29 is 23.9 Å². The first-order chi connectivity index (χ1) is 14.6. The lowest BCUT2D eigenvalue weighted by Crippen LogP contribution is -2.46. The van der Waals surface area contributed by atoms with Gasteiger partial charge in [0.25, 0.3) is 0 Å². The number of hydrogen-bond acceptors (Lipinski definition) is 6. The molecule has 0 saturated carbocycles. The number of esters is 1. The van der Waals surface area contributed by atoms with E-state index in [0.717, 1.165) is 11.1 Å². The van der Waals surface area contributed by atoms with E-state index in [4.69, 9.17) is 9.47 Å². The van der Waals surface area contributed by atoms with Crippen LogP contribution in [-0.2, 0) is 32.1 Å². The van der Waals surface area contributed by atoms with E-state index in [1.807, 2.05) is 42.5 Å². The van der Waals surface area contributed by atoms with Gasteiger partial charge in [-0.3, -0.25) is 4.79 Å². The Balaban J connectivity index is 1.66. The van der Waals surface area contributed by atoms with Gasteiger partial charge in [-0.25, -0.2) is 9.59 Å². The zero-order valence-electron chi connectivity index (χ0n) is 16.8. The van der Waals surface area contributed by atoms with Gasteiger partial charge in [-0.05, 0) is 36.1 Å². The molecule has 3 rings (SSSR count). The fourth-order valence-electron chi connectivity index (χ4n) is 3.53. The molecule has 0 aliphatic carbocycles. The van der Waals surface area contributed by atoms with Crippen molar-refractivity contribution in [2.75, 3.05) is 13.7 Å². The van der Waals surface area contributed by atoms with E-state index < -0.39 is 18.1 Å². The SMILES string of the molecule is COc1ccc(CC(N=C=O)C(=O)N2CCC[C@H]2C(=O)OCc2ccccc2)cc1. The van der Waals surface area contributed by atoms with Crippen LogP contribution in [0.4, 0.5) is 0 Å². The highest BCUT2D eigenvalue weighted by atomic mass is 16.5. The van der Waals surface area contributed by atoms with Crippen LogP contribution in [0.1, 0.15) is 24.0 Å². The summed E-state index contributed by atoms with van der Waals surface area (Å²) >= 11 is 0. The van der Waals surface area contributed by atoms with Crippen LogP contribution in [0.25, 0.3) is 0 Å². The molecular formula is C23H24N2O5. The van der Waals surface area contributed by atoms with Gasteiger partial charge < -0.3 is 14.4 Å². The molecule has 30 heavy (non-hydrogen) atoms. The van der Waals surface area contributed by atoms with Gasteiger partial charge in [0, 0.05) is 13.0 Å². The number of isocyanates is 1. The summed E-state index contributed by atoms with van der Waals surface area (Å²) in [5, 5.41) is 0. The summed E-state index contributed by atoms with van der Waals surface area (Å²) in [7, 11) is 1.57. The van der Waals surface area contributed by atoms with Crippen molar-refractivity contribution in [3.05, 3.63) is 65.7 Å². The fourth-order valence-corrected chi connectivity index (χ4v) is 3.53. The quantitative estimate of drug-likeness (QED) is 0.381. The molecule has 0 N–H and O–H groups in total. The van der Waals surface area contributed by atoms with Gasteiger partial charge in [0.15, 0.2) is 0 Å². The molecule has 0 bridgehead atoms. The summed E-state index contributed by atoms with van der Waals surface area (Å²) in [6, 6.07) is 15.0. The van der Waals surface area contributed by atoms with Gasteiger partial charge in [0.1, 0.15) is 24.4 Å². The molecule has 2 atom stereocenters. The lowest BCUT2D eigenvalue weighted by molar-refractivity contribution is -0.154. The van der Waals surface area contributed by atoms with Crippen molar-refractivity contribution in [3.63, 3.8) is 0 Å². The number of methoxy groups -OCH3 is 1. The maximum Gasteiger partial charge on any atom is 0.329 e. The molecule has 1 unspecified atom stereocenters. The number of benzene rings is 2. The largest absolute Gasteiger partial charge is 0.497 e. The Morgan fingerprint density at radius 3 is 2.53 bits per heavy atom. The Kier molecular flexibility index (Phi) is 7.35. The third-order valence-corrected chi connectivity index (χ3v) is 5.11. The highest BCUT2D eigenvalue weighted by molar-refractivity contribution is 5.89. The topological polar surface area (TPSA) is 85.3 Å². The minimum atomic E-state index is -0.932. The van der Waals surface area contributed by atoms with Crippen molar-refractivity contribution in [1.82, 2.24) is 4.90 Å². The Hall–Kier alpha value is -3.44. The average Bonchev–Trinajstić information content (AvgIpc) is 3.28. The van der Waals surface area contributed by atoms with Crippen LogP contribution < -0.4 is 4.74 Å². The van der Waals surface area contributed by atoms with Crippen LogP contribution >= 0.6 is 0 Å². The molecule has 2 aromatic rings. The molecule has 0 aromatic heterocycles. The number of aliphatic imine (C=N–C) groups is 1. The molecule has 1 fully saturated rings. The van der Waals surface area contributed by atoms with Gasteiger partial charge in [-0.15, -0.1) is 0 Å². The summed E-state index contributed by atoms with van der Waals surface area (Å²) in [6.45, 7) is 0.581. The molecule has 1 heterocycles. The Bertz CT molecular complexity index is 907. The number of rotatable bonds is 8. The molecule has 156 valence electrons. The first-order valence-electron chi connectivity index (χ1n) is 9.83. The summed E-state index contributed by atoms with van der Waals surface area (Å²) in [5.41, 5.74) is 1.71. The number of nitrogens with zero attached hydrogens (tertiary/aromatic N) is 2. The second kappa shape index (κ2) is 10.4. The standard InChI is InChI=1S/C23H24N2O5/c1-29-19-11-9-17(10-12-19)14-20(24-16-26)22(27)25-13-5-8-21(25)23(28)30-15-18-6-3-2-4-7-18/h2-4,6-7,9-12,20-21H,5,8,13-15H2,1H3/t20?,21-/m0/s1. The number of hydrogen-bond donors (Lipinski definition) is 0. The van der Waals surface area contributed by atoms with Crippen molar-refractivity contribution in [2.45, 2.75) is 38.0 Å². The highest BCUT2D eigenvalue weighted by Gasteiger charge is 2.38. The van der Waals surface area contributed by atoms with Crippen LogP contribution in [0.2, 0.25) is 0 Å². The minimum absolute atomic E-state index is 0.153. The molecule has 2 aromatic carbocycles. The molecule has 7 heteroatoms. The lowest BCUT2D eigenvalue weighted by atomic mass is 10.0. The van der Waals surface area contributed by atoms with E-state index >= 15 is 0 Å². The normalized spacial score (nSPS) is 16.4. The van der Waals surface area contributed by atoms with Crippen LogP contribution in [-0.4, -0.2) is 48.6 Å². The molecule has 1 aliphatic heterocycles.